The van der Waals surface area contributed by atoms with E-state index >= 15 is 0 Å². The molecule has 0 aliphatic heterocycles. The van der Waals surface area contributed by atoms with Crippen molar-refractivity contribution in [3.63, 3.8) is 0 Å². The average Bonchev–Trinajstić information content (AvgIpc) is 3.47. The van der Waals surface area contributed by atoms with Crippen molar-refractivity contribution in [2.75, 3.05) is 30.6 Å². The van der Waals surface area contributed by atoms with E-state index in [-0.39, 0.29) is 75.2 Å². The number of aliphatic imine (C=N–C) groups is 1. The number of aliphatic hydroxyl groups is 1. The molecule has 0 saturated heterocycles. The monoisotopic (exact) mass is 1210 g/mol. The number of rotatable bonds is 40. The van der Waals surface area contributed by atoms with E-state index in [2.05, 4.69) is 52.8 Å². The molecule has 18 N–H and O–H groups in total. The summed E-state index contributed by atoms with van der Waals surface area (Å²) in [5.41, 5.74) is 17.7. The van der Waals surface area contributed by atoms with Crippen molar-refractivity contribution in [1.29, 1.82) is 0 Å². The van der Waals surface area contributed by atoms with E-state index in [1.54, 1.807) is 78.1 Å². The summed E-state index contributed by atoms with van der Waals surface area (Å²) < 4.78 is 0. The summed E-state index contributed by atoms with van der Waals surface area (Å²) >= 11 is 2.81. The molecule has 83 heavy (non-hydrogen) atoms. The molecule has 27 nitrogen and oxygen atoms in total. The summed E-state index contributed by atoms with van der Waals surface area (Å²) in [7, 11) is 0. The second-order valence-electron chi connectivity index (χ2n) is 21.4. The second-order valence-corrected chi connectivity index (χ2v) is 23.4. The molecule has 29 heteroatoms. The van der Waals surface area contributed by atoms with Crippen molar-refractivity contribution in [2.45, 2.75) is 180 Å². The number of amides is 9. The third-order valence-corrected chi connectivity index (χ3v) is 14.0. The highest BCUT2D eigenvalue weighted by atomic mass is 32.2. The Morgan fingerprint density at radius 2 is 0.940 bits per heavy atom. The molecule has 1 rings (SSSR count). The molecule has 0 radical (unpaired) electrons. The minimum atomic E-state index is -1.79. The van der Waals surface area contributed by atoms with E-state index in [4.69, 9.17) is 17.2 Å². The Labute approximate surface area is 494 Å². The molecule has 0 unspecified atom stereocenters. The van der Waals surface area contributed by atoms with Gasteiger partial charge in [0.25, 0.3) is 0 Å². The van der Waals surface area contributed by atoms with Crippen LogP contribution in [-0.4, -0.2) is 183 Å². The molecule has 0 fully saturated rings. The molecule has 9 amide bonds. The van der Waals surface area contributed by atoms with Gasteiger partial charge in [-0.15, -0.1) is 0 Å². The predicted octanol–water partition coefficient (Wildman–Crippen LogP) is -1.42. The number of benzene rings is 1. The maximum Gasteiger partial charge on any atom is 0.326 e. The molecular formula is C54H91N13O14S2. The third-order valence-electron chi connectivity index (χ3n) is 12.8. The Kier molecular flexibility index (Phi) is 34.9. The van der Waals surface area contributed by atoms with Crippen LogP contribution in [0.15, 0.2) is 35.3 Å². The normalized spacial score (nSPS) is 15.2. The number of nitrogens with one attached hydrogen (secondary N) is 9. The minimum Gasteiger partial charge on any atom is -0.481 e. The number of nitrogens with zero attached hydrogens (tertiary/aromatic N) is 1. The topological polar surface area (TPSA) is 447 Å². The number of aliphatic hydroxyl groups excluding tert-OH is 1. The van der Waals surface area contributed by atoms with Gasteiger partial charge in [-0.05, 0) is 106 Å². The van der Waals surface area contributed by atoms with Crippen molar-refractivity contribution in [2.24, 2.45) is 39.9 Å². The Bertz CT molecular complexity index is 2330. The summed E-state index contributed by atoms with van der Waals surface area (Å²) in [6.07, 6.45) is 0.996. The largest absolute Gasteiger partial charge is 0.481 e. The summed E-state index contributed by atoms with van der Waals surface area (Å²) in [5.74, 6) is -10.4. The van der Waals surface area contributed by atoms with Crippen molar-refractivity contribution < 1.29 is 68.1 Å². The first-order valence-electron chi connectivity index (χ1n) is 27.6. The van der Waals surface area contributed by atoms with E-state index in [1.165, 1.54) is 30.4 Å². The van der Waals surface area contributed by atoms with Gasteiger partial charge >= 0.3 is 11.9 Å². The lowest BCUT2D eigenvalue weighted by atomic mass is 10.00. The highest BCUT2D eigenvalue weighted by Crippen LogP contribution is 2.13. The molecule has 0 heterocycles. The highest BCUT2D eigenvalue weighted by Gasteiger charge is 2.36. The van der Waals surface area contributed by atoms with Crippen LogP contribution in [0, 0.1) is 17.8 Å². The van der Waals surface area contributed by atoms with E-state index < -0.39 is 144 Å². The summed E-state index contributed by atoms with van der Waals surface area (Å²) in [5, 5.41) is 53.1. The number of thioether (sulfide) groups is 2. The lowest BCUT2D eigenvalue weighted by Gasteiger charge is -2.28. The molecule has 0 aromatic heterocycles. The van der Waals surface area contributed by atoms with Gasteiger partial charge in [0, 0.05) is 19.4 Å². The predicted molar refractivity (Wildman–Crippen MR) is 317 cm³/mol. The average molecular weight is 1210 g/mol. The molecule has 1 aromatic carbocycles. The van der Waals surface area contributed by atoms with E-state index in [0.717, 1.165) is 6.92 Å². The Balaban J connectivity index is 3.49. The summed E-state index contributed by atoms with van der Waals surface area (Å²) in [6.45, 7) is 12.9. The van der Waals surface area contributed by atoms with Gasteiger partial charge in [0.1, 0.15) is 54.4 Å². The van der Waals surface area contributed by atoms with Crippen LogP contribution in [0.3, 0.4) is 0 Å². The molecule has 0 spiro atoms. The van der Waals surface area contributed by atoms with Gasteiger partial charge in [0.15, 0.2) is 5.96 Å². The number of aliphatic carboxylic acids is 2. The van der Waals surface area contributed by atoms with Crippen LogP contribution in [0.4, 0.5) is 0 Å². The molecular weight excluding hydrogens is 1120 g/mol. The van der Waals surface area contributed by atoms with Gasteiger partial charge < -0.3 is 80.4 Å². The number of guanidine groups is 1. The summed E-state index contributed by atoms with van der Waals surface area (Å²) in [6, 6.07) is -4.74. The van der Waals surface area contributed by atoms with Crippen molar-refractivity contribution in [3.05, 3.63) is 35.9 Å². The number of carbonyl (C=O) groups excluding carboxylic acids is 9. The van der Waals surface area contributed by atoms with Crippen LogP contribution in [-0.2, 0) is 59.2 Å². The molecule has 0 aliphatic carbocycles. The van der Waals surface area contributed by atoms with Gasteiger partial charge in [-0.2, -0.15) is 23.5 Å². The zero-order chi connectivity index (χ0) is 63.1. The zero-order valence-corrected chi connectivity index (χ0v) is 50.9. The standard InChI is InChI=1S/C54H91N13O14S2/c1-28(2)25-38(49(76)66-40(53(80)81)26-29(3)4)64-47(74)35(18-19-41(69)70)60-46(73)34(17-14-22-58-54(56)57)63-52(79)43(32(8)68)67-44(71)31(7)59-45(72)36(20-23-82-9)61-50(77)39(27-33-15-12-11-13-16-33)65-48(75)37(21-24-83-10)62-51(78)42(55)30(5)6/h11-13,15-16,28-32,34-40,42-43,68H,14,17-27,55H2,1-10H3,(H,59,72)(H,60,73)(H,61,77)(H,62,78)(H,63,79)(H,64,74)(H,65,75)(H,66,76)(H,67,71)(H,69,70)(H,80,81)(H4,56,57,58)/t31-,32+,34-,35-,36-,37-,38-,39-,40-,42-,43-/m0/s1. The Morgan fingerprint density at radius 3 is 1.41 bits per heavy atom. The first-order chi connectivity index (χ1) is 38.9. The zero-order valence-electron chi connectivity index (χ0n) is 49.3. The molecule has 0 bridgehead atoms. The third kappa shape index (κ3) is 29.4. The van der Waals surface area contributed by atoms with Crippen LogP contribution >= 0.6 is 23.5 Å². The van der Waals surface area contributed by atoms with E-state index in [0.29, 0.717) is 17.1 Å². The van der Waals surface area contributed by atoms with Crippen molar-refractivity contribution >= 4 is 94.6 Å². The maximum atomic E-state index is 14.2. The van der Waals surface area contributed by atoms with Gasteiger partial charge in [-0.3, -0.25) is 52.9 Å². The number of carboxylic acids is 2. The van der Waals surface area contributed by atoms with E-state index in [1.807, 2.05) is 6.26 Å². The second kappa shape index (κ2) is 38.9. The number of nitrogens with two attached hydrogens (primary N) is 3. The van der Waals surface area contributed by atoms with Crippen LogP contribution in [0.5, 0.6) is 0 Å². The van der Waals surface area contributed by atoms with Crippen LogP contribution < -0.4 is 65.1 Å². The van der Waals surface area contributed by atoms with Crippen LogP contribution in [0.1, 0.15) is 112 Å². The molecule has 468 valence electrons. The van der Waals surface area contributed by atoms with Gasteiger partial charge in [-0.25, -0.2) is 4.79 Å². The molecule has 1 aromatic rings. The highest BCUT2D eigenvalue weighted by molar-refractivity contribution is 7.98. The summed E-state index contributed by atoms with van der Waals surface area (Å²) in [4.78, 5) is 152. The Morgan fingerprint density at radius 1 is 0.518 bits per heavy atom. The maximum absolute atomic E-state index is 14.2. The SMILES string of the molecule is CSCC[C@H](NC(=O)[C@H](Cc1ccccc1)NC(=O)[C@H](CCSC)NC(=O)[C@@H](N)C(C)C)C(=O)N[C@@H](C)C(=O)N[C@H](C(=O)N[C@@H](CCCN=C(N)N)C(=O)N[C@@H](CCC(=O)O)C(=O)N[C@@H](CC(C)C)C(=O)N[C@@H](CC(C)C)C(=O)O)[C@@H](C)O. The lowest BCUT2D eigenvalue weighted by Crippen LogP contribution is -2.62. The first-order valence-corrected chi connectivity index (χ1v) is 30.4. The fourth-order valence-corrected chi connectivity index (χ4v) is 8.97. The molecule has 0 aliphatic rings. The Hall–Kier alpha value is -6.72. The van der Waals surface area contributed by atoms with Gasteiger partial charge in [0.05, 0.1) is 12.1 Å². The van der Waals surface area contributed by atoms with Gasteiger partial charge in [0.2, 0.25) is 53.2 Å². The fourth-order valence-electron chi connectivity index (χ4n) is 8.03. The first kappa shape index (κ1) is 74.3. The fraction of sp³-hybridized carbons (Fsp3) is 0.667. The van der Waals surface area contributed by atoms with Crippen LogP contribution in [0.25, 0.3) is 0 Å². The quantitative estimate of drug-likeness (QED) is 0.0204. The van der Waals surface area contributed by atoms with Gasteiger partial charge in [-0.1, -0.05) is 71.9 Å². The number of hydrogen-bond acceptors (Lipinski definition) is 16. The smallest absolute Gasteiger partial charge is 0.326 e. The lowest BCUT2D eigenvalue weighted by molar-refractivity contribution is -0.143. The van der Waals surface area contributed by atoms with Crippen LogP contribution in [0.2, 0.25) is 0 Å². The molecule has 0 saturated carbocycles. The van der Waals surface area contributed by atoms with Crippen molar-refractivity contribution in [3.8, 4) is 0 Å². The van der Waals surface area contributed by atoms with E-state index in [9.17, 15) is 68.1 Å². The van der Waals surface area contributed by atoms with Crippen molar-refractivity contribution in [1.82, 2.24) is 47.9 Å². The number of carbonyl (C=O) groups is 11. The number of carboxylic acid groups (broad SMARTS) is 2. The number of hydrogen-bond donors (Lipinski definition) is 15. The minimum absolute atomic E-state index is 0.0133. The molecule has 11 atom stereocenters.